The summed E-state index contributed by atoms with van der Waals surface area (Å²) in [6.07, 6.45) is 4.95. The summed E-state index contributed by atoms with van der Waals surface area (Å²) in [4.78, 5) is 15.4. The van der Waals surface area contributed by atoms with Gasteiger partial charge in [0, 0.05) is 10.9 Å². The Balaban J connectivity index is 1.54. The molecule has 0 amide bonds. The van der Waals surface area contributed by atoms with Crippen molar-refractivity contribution in [3.63, 3.8) is 0 Å². The number of hydrogen-bond donors (Lipinski definition) is 0. The highest BCUT2D eigenvalue weighted by Crippen LogP contribution is 2.21. The highest BCUT2D eigenvalue weighted by Gasteiger charge is 1.98. The quantitative estimate of drug-likeness (QED) is 0.436. The van der Waals surface area contributed by atoms with E-state index in [-0.39, 0.29) is 0 Å². The molecular formula is C24H17NO. The van der Waals surface area contributed by atoms with E-state index in [9.17, 15) is 4.79 Å². The molecule has 0 aliphatic carbocycles. The molecule has 0 fully saturated rings. The highest BCUT2D eigenvalue weighted by atomic mass is 16.1. The second kappa shape index (κ2) is 7.16. The summed E-state index contributed by atoms with van der Waals surface area (Å²) in [5.74, 6) is 0. The lowest BCUT2D eigenvalue weighted by Crippen LogP contribution is -1.83. The first-order chi connectivity index (χ1) is 12.8. The van der Waals surface area contributed by atoms with Gasteiger partial charge in [0.15, 0.2) is 0 Å². The van der Waals surface area contributed by atoms with Gasteiger partial charge >= 0.3 is 0 Å². The molecule has 4 aromatic rings. The molecule has 0 saturated heterocycles. The van der Waals surface area contributed by atoms with Crippen LogP contribution in [0.2, 0.25) is 0 Å². The number of para-hydroxylation sites is 1. The number of nitrogens with zero attached hydrogens (tertiary/aromatic N) is 1. The fourth-order valence-corrected chi connectivity index (χ4v) is 2.90. The highest BCUT2D eigenvalue weighted by molar-refractivity contribution is 5.81. The van der Waals surface area contributed by atoms with Crippen LogP contribution in [0.25, 0.3) is 34.2 Å². The third-order valence-corrected chi connectivity index (χ3v) is 4.36. The summed E-state index contributed by atoms with van der Waals surface area (Å²) in [5.41, 5.74) is 5.98. The van der Waals surface area contributed by atoms with E-state index in [4.69, 9.17) is 0 Å². The molecule has 0 aliphatic heterocycles. The lowest BCUT2D eigenvalue weighted by molar-refractivity contribution is 0.112. The maximum Gasteiger partial charge on any atom is 0.150 e. The molecule has 0 atom stereocenters. The molecule has 0 bridgehead atoms. The molecular weight excluding hydrogens is 318 g/mol. The van der Waals surface area contributed by atoms with Gasteiger partial charge in [0.25, 0.3) is 0 Å². The third-order valence-electron chi connectivity index (χ3n) is 4.36. The molecule has 0 radical (unpaired) electrons. The van der Waals surface area contributed by atoms with Crippen LogP contribution in [0, 0.1) is 0 Å². The van der Waals surface area contributed by atoms with Gasteiger partial charge in [-0.25, -0.2) is 4.98 Å². The van der Waals surface area contributed by atoms with E-state index in [0.29, 0.717) is 5.56 Å². The van der Waals surface area contributed by atoms with Crippen molar-refractivity contribution in [2.45, 2.75) is 0 Å². The van der Waals surface area contributed by atoms with Gasteiger partial charge < -0.3 is 0 Å². The van der Waals surface area contributed by atoms with E-state index in [0.717, 1.165) is 39.6 Å². The first-order valence-corrected chi connectivity index (χ1v) is 8.51. The molecule has 0 N–H and O–H groups in total. The van der Waals surface area contributed by atoms with Crippen molar-refractivity contribution in [2.75, 3.05) is 0 Å². The van der Waals surface area contributed by atoms with E-state index in [1.165, 1.54) is 0 Å². The van der Waals surface area contributed by atoms with Gasteiger partial charge in [-0.3, -0.25) is 4.79 Å². The van der Waals surface area contributed by atoms with Crippen molar-refractivity contribution in [3.8, 4) is 11.1 Å². The summed E-state index contributed by atoms with van der Waals surface area (Å²) in [7, 11) is 0. The van der Waals surface area contributed by atoms with Crippen LogP contribution in [0.1, 0.15) is 21.6 Å². The number of aromatic nitrogens is 1. The number of rotatable bonds is 4. The van der Waals surface area contributed by atoms with Crippen molar-refractivity contribution in [1.29, 1.82) is 0 Å². The van der Waals surface area contributed by atoms with Crippen LogP contribution in [0.15, 0.2) is 84.9 Å². The number of pyridine rings is 1. The summed E-state index contributed by atoms with van der Waals surface area (Å²) in [6, 6.07) is 28.2. The van der Waals surface area contributed by atoms with Gasteiger partial charge in [-0.05, 0) is 34.9 Å². The second-order valence-electron chi connectivity index (χ2n) is 6.12. The average molecular weight is 335 g/mol. The molecule has 124 valence electrons. The van der Waals surface area contributed by atoms with E-state index in [2.05, 4.69) is 47.5 Å². The lowest BCUT2D eigenvalue weighted by atomic mass is 10.0. The maximum atomic E-state index is 10.7. The van der Waals surface area contributed by atoms with E-state index in [1.807, 2.05) is 54.6 Å². The minimum absolute atomic E-state index is 0.691. The Bertz CT molecular complexity index is 1080. The number of carbonyl (C=O) groups is 1. The molecule has 1 heterocycles. The molecule has 0 spiro atoms. The Hall–Kier alpha value is -3.52. The number of benzene rings is 3. The van der Waals surface area contributed by atoms with Gasteiger partial charge in [0.05, 0.1) is 11.2 Å². The van der Waals surface area contributed by atoms with Gasteiger partial charge in [-0.1, -0.05) is 78.9 Å². The monoisotopic (exact) mass is 335 g/mol. The van der Waals surface area contributed by atoms with Crippen molar-refractivity contribution in [3.05, 3.63) is 102 Å². The van der Waals surface area contributed by atoms with Gasteiger partial charge in [-0.2, -0.15) is 0 Å². The van der Waals surface area contributed by atoms with Crippen molar-refractivity contribution in [2.24, 2.45) is 0 Å². The standard InChI is InChI=1S/C24H17NO/c26-17-19-7-12-21(13-8-19)20-10-5-18(6-11-20)9-15-23-16-14-22-3-1-2-4-24(22)25-23/h1-17H/b15-9+. The fraction of sp³-hybridized carbons (Fsp3) is 0. The Morgan fingerprint density at radius 2 is 1.27 bits per heavy atom. The number of fused-ring (bicyclic) bond motifs is 1. The number of carbonyl (C=O) groups excluding carboxylic acids is 1. The Kier molecular flexibility index (Phi) is 4.40. The predicted molar refractivity (Wildman–Crippen MR) is 108 cm³/mol. The van der Waals surface area contributed by atoms with Crippen LogP contribution < -0.4 is 0 Å². The van der Waals surface area contributed by atoms with Crippen LogP contribution in [0.3, 0.4) is 0 Å². The van der Waals surface area contributed by atoms with Crippen LogP contribution in [0.5, 0.6) is 0 Å². The lowest BCUT2D eigenvalue weighted by Gasteiger charge is -2.03. The normalized spacial score (nSPS) is 11.1. The van der Waals surface area contributed by atoms with Crippen LogP contribution in [-0.2, 0) is 0 Å². The Morgan fingerprint density at radius 1 is 0.615 bits per heavy atom. The molecule has 26 heavy (non-hydrogen) atoms. The minimum Gasteiger partial charge on any atom is -0.298 e. The van der Waals surface area contributed by atoms with E-state index in [1.54, 1.807) is 0 Å². The van der Waals surface area contributed by atoms with Gasteiger partial charge in [-0.15, -0.1) is 0 Å². The number of hydrogen-bond acceptors (Lipinski definition) is 2. The molecule has 0 aliphatic rings. The minimum atomic E-state index is 0.691. The van der Waals surface area contributed by atoms with E-state index >= 15 is 0 Å². The molecule has 3 aromatic carbocycles. The van der Waals surface area contributed by atoms with E-state index < -0.39 is 0 Å². The Morgan fingerprint density at radius 3 is 1.96 bits per heavy atom. The van der Waals surface area contributed by atoms with Crippen LogP contribution in [-0.4, -0.2) is 11.3 Å². The summed E-state index contributed by atoms with van der Waals surface area (Å²) in [5, 5.41) is 1.15. The molecule has 1 aromatic heterocycles. The SMILES string of the molecule is O=Cc1ccc(-c2ccc(/C=C/c3ccc4ccccc4n3)cc2)cc1. The second-order valence-corrected chi connectivity index (χ2v) is 6.12. The zero-order valence-electron chi connectivity index (χ0n) is 14.2. The summed E-state index contributed by atoms with van der Waals surface area (Å²) < 4.78 is 0. The molecule has 0 unspecified atom stereocenters. The predicted octanol–water partition coefficient (Wildman–Crippen LogP) is 5.88. The molecule has 2 heteroatoms. The van der Waals surface area contributed by atoms with Crippen molar-refractivity contribution < 1.29 is 4.79 Å². The maximum absolute atomic E-state index is 10.7. The summed E-state index contributed by atoms with van der Waals surface area (Å²) >= 11 is 0. The van der Waals surface area contributed by atoms with Crippen LogP contribution in [0.4, 0.5) is 0 Å². The molecule has 2 nitrogen and oxygen atoms in total. The summed E-state index contributed by atoms with van der Waals surface area (Å²) in [6.45, 7) is 0. The third kappa shape index (κ3) is 3.45. The van der Waals surface area contributed by atoms with Crippen molar-refractivity contribution >= 4 is 29.3 Å². The fourth-order valence-electron chi connectivity index (χ4n) is 2.90. The molecule has 4 rings (SSSR count). The smallest absolute Gasteiger partial charge is 0.150 e. The molecule has 0 saturated carbocycles. The topological polar surface area (TPSA) is 30.0 Å². The van der Waals surface area contributed by atoms with Crippen LogP contribution >= 0.6 is 0 Å². The Labute approximate surface area is 152 Å². The zero-order chi connectivity index (χ0) is 17.8. The van der Waals surface area contributed by atoms with Gasteiger partial charge in [0.1, 0.15) is 6.29 Å². The van der Waals surface area contributed by atoms with Crippen molar-refractivity contribution in [1.82, 2.24) is 4.98 Å². The number of aldehydes is 1. The first kappa shape index (κ1) is 16.0. The average Bonchev–Trinajstić information content (AvgIpc) is 2.72. The zero-order valence-corrected chi connectivity index (χ0v) is 14.2. The van der Waals surface area contributed by atoms with Gasteiger partial charge in [0.2, 0.25) is 0 Å². The largest absolute Gasteiger partial charge is 0.298 e. The first-order valence-electron chi connectivity index (χ1n) is 8.51.